The number of aromatic nitrogens is 2. The minimum atomic E-state index is -4.08. The molecular weight excluding hydrogens is 301 g/mol. The van der Waals surface area contributed by atoms with E-state index >= 15 is 0 Å². The van der Waals surface area contributed by atoms with Gasteiger partial charge in [0, 0.05) is 25.4 Å². The van der Waals surface area contributed by atoms with E-state index in [0.717, 1.165) is 12.1 Å². The average molecular weight is 313 g/mol. The number of carboxylic acid groups (broad SMARTS) is 1. The van der Waals surface area contributed by atoms with Crippen molar-refractivity contribution in [2.75, 3.05) is 0 Å². The Kier molecular flexibility index (Phi) is 4.05. The predicted octanol–water partition coefficient (Wildman–Crippen LogP) is 0.736. The minimum absolute atomic E-state index is 0.0453. The summed E-state index contributed by atoms with van der Waals surface area (Å²) in [6, 6.07) is 2.62. The van der Waals surface area contributed by atoms with Crippen LogP contribution in [0.3, 0.4) is 0 Å². The summed E-state index contributed by atoms with van der Waals surface area (Å²) in [5.74, 6) is -2.45. The summed E-state index contributed by atoms with van der Waals surface area (Å²) in [5, 5.41) is 12.6. The van der Waals surface area contributed by atoms with E-state index in [4.69, 9.17) is 5.11 Å². The fraction of sp³-hybridized carbons (Fsp3) is 0.167. The Morgan fingerprint density at radius 1 is 1.48 bits per heavy atom. The maximum atomic E-state index is 13.7. The van der Waals surface area contributed by atoms with Crippen LogP contribution in [0.1, 0.15) is 15.9 Å². The maximum absolute atomic E-state index is 13.7. The van der Waals surface area contributed by atoms with Crippen molar-refractivity contribution in [1.82, 2.24) is 14.5 Å². The van der Waals surface area contributed by atoms with Gasteiger partial charge in [0.15, 0.2) is 0 Å². The molecule has 112 valence electrons. The molecule has 0 saturated heterocycles. The van der Waals surface area contributed by atoms with E-state index in [-0.39, 0.29) is 12.1 Å². The third kappa shape index (κ3) is 3.44. The molecule has 0 radical (unpaired) electrons. The quantitative estimate of drug-likeness (QED) is 0.847. The van der Waals surface area contributed by atoms with Crippen LogP contribution in [0.25, 0.3) is 0 Å². The Morgan fingerprint density at radius 3 is 2.71 bits per heavy atom. The zero-order valence-corrected chi connectivity index (χ0v) is 11.8. The summed E-state index contributed by atoms with van der Waals surface area (Å²) in [6.07, 6.45) is 3.10. The van der Waals surface area contributed by atoms with E-state index in [1.165, 1.54) is 10.9 Å². The van der Waals surface area contributed by atoms with Crippen LogP contribution in [0, 0.1) is 5.82 Å². The number of benzene rings is 1. The van der Waals surface area contributed by atoms with Gasteiger partial charge in [-0.2, -0.15) is 5.10 Å². The standard InChI is InChI=1S/C12H12FN3O4S/c1-16-7-8(5-14-16)6-15-21(19,20)11-3-2-9(12(17)18)4-10(11)13/h2-5,7,15H,6H2,1H3,(H,17,18). The molecule has 2 rings (SSSR count). The van der Waals surface area contributed by atoms with Gasteiger partial charge in [-0.15, -0.1) is 0 Å². The monoisotopic (exact) mass is 313 g/mol. The fourth-order valence-electron chi connectivity index (χ4n) is 1.67. The van der Waals surface area contributed by atoms with E-state index < -0.39 is 26.7 Å². The number of halogens is 1. The van der Waals surface area contributed by atoms with Gasteiger partial charge in [-0.25, -0.2) is 22.3 Å². The van der Waals surface area contributed by atoms with Gasteiger partial charge in [0.25, 0.3) is 0 Å². The number of aromatic carboxylic acids is 1. The summed E-state index contributed by atoms with van der Waals surface area (Å²) >= 11 is 0. The highest BCUT2D eigenvalue weighted by Crippen LogP contribution is 2.16. The second-order valence-corrected chi connectivity index (χ2v) is 6.03. The van der Waals surface area contributed by atoms with Gasteiger partial charge in [-0.3, -0.25) is 4.68 Å². The molecule has 0 saturated carbocycles. The molecule has 7 nitrogen and oxygen atoms in total. The highest BCUT2D eigenvalue weighted by Gasteiger charge is 2.20. The summed E-state index contributed by atoms with van der Waals surface area (Å²) in [4.78, 5) is 10.1. The third-order valence-electron chi connectivity index (χ3n) is 2.69. The van der Waals surface area contributed by atoms with E-state index in [1.807, 2.05) is 0 Å². The van der Waals surface area contributed by atoms with E-state index in [9.17, 15) is 17.6 Å². The van der Waals surface area contributed by atoms with Crippen LogP contribution in [-0.4, -0.2) is 29.3 Å². The minimum Gasteiger partial charge on any atom is -0.478 e. The molecular formula is C12H12FN3O4S. The number of rotatable bonds is 5. The molecule has 2 N–H and O–H groups in total. The summed E-state index contributed by atoms with van der Waals surface area (Å²) in [6.45, 7) is -0.0453. The fourth-order valence-corrected chi connectivity index (χ4v) is 2.75. The topological polar surface area (TPSA) is 101 Å². The van der Waals surface area contributed by atoms with Crippen LogP contribution in [-0.2, 0) is 23.6 Å². The van der Waals surface area contributed by atoms with Crippen molar-refractivity contribution in [1.29, 1.82) is 0 Å². The molecule has 21 heavy (non-hydrogen) atoms. The van der Waals surface area contributed by atoms with Crippen LogP contribution in [0.4, 0.5) is 4.39 Å². The molecule has 2 aromatic rings. The number of nitrogens with zero attached hydrogens (tertiary/aromatic N) is 2. The first-order valence-electron chi connectivity index (χ1n) is 5.79. The summed E-state index contributed by atoms with van der Waals surface area (Å²) in [7, 11) is -2.39. The average Bonchev–Trinajstić information content (AvgIpc) is 2.82. The Labute approximate surface area is 120 Å². The lowest BCUT2D eigenvalue weighted by Crippen LogP contribution is -2.24. The number of aryl methyl sites for hydroxylation is 1. The van der Waals surface area contributed by atoms with E-state index in [0.29, 0.717) is 11.6 Å². The molecule has 0 spiro atoms. The SMILES string of the molecule is Cn1cc(CNS(=O)(=O)c2ccc(C(=O)O)cc2F)cn1. The number of hydrogen-bond acceptors (Lipinski definition) is 4. The highest BCUT2D eigenvalue weighted by molar-refractivity contribution is 7.89. The van der Waals surface area contributed by atoms with Gasteiger partial charge in [0.2, 0.25) is 10.0 Å². The van der Waals surface area contributed by atoms with Crippen molar-refractivity contribution >= 4 is 16.0 Å². The molecule has 0 aliphatic rings. The first kappa shape index (κ1) is 15.1. The Hall–Kier alpha value is -2.26. The van der Waals surface area contributed by atoms with Crippen molar-refractivity contribution in [3.63, 3.8) is 0 Å². The number of sulfonamides is 1. The van der Waals surface area contributed by atoms with Crippen molar-refractivity contribution in [2.24, 2.45) is 7.05 Å². The Morgan fingerprint density at radius 2 is 2.19 bits per heavy atom. The van der Waals surface area contributed by atoms with Crippen LogP contribution in [0.15, 0.2) is 35.5 Å². The van der Waals surface area contributed by atoms with E-state index in [2.05, 4.69) is 9.82 Å². The number of hydrogen-bond donors (Lipinski definition) is 2. The molecule has 0 bridgehead atoms. The molecule has 0 unspecified atom stereocenters. The smallest absolute Gasteiger partial charge is 0.335 e. The van der Waals surface area contributed by atoms with Crippen molar-refractivity contribution in [3.8, 4) is 0 Å². The molecule has 1 aromatic carbocycles. The van der Waals surface area contributed by atoms with Gasteiger partial charge in [0.05, 0.1) is 11.8 Å². The number of carbonyl (C=O) groups is 1. The number of carboxylic acids is 1. The normalized spacial score (nSPS) is 11.5. The Balaban J connectivity index is 2.21. The lowest BCUT2D eigenvalue weighted by atomic mass is 10.2. The molecule has 1 aromatic heterocycles. The molecule has 0 aliphatic carbocycles. The van der Waals surface area contributed by atoms with E-state index in [1.54, 1.807) is 13.2 Å². The summed E-state index contributed by atoms with van der Waals surface area (Å²) in [5.41, 5.74) is 0.294. The zero-order valence-electron chi connectivity index (χ0n) is 10.9. The molecule has 0 atom stereocenters. The van der Waals surface area contributed by atoms with Gasteiger partial charge in [0.1, 0.15) is 10.7 Å². The van der Waals surface area contributed by atoms with Crippen molar-refractivity contribution in [3.05, 3.63) is 47.5 Å². The summed E-state index contributed by atoms with van der Waals surface area (Å²) < 4.78 is 41.4. The maximum Gasteiger partial charge on any atom is 0.335 e. The van der Waals surface area contributed by atoms with Crippen LogP contribution in [0.2, 0.25) is 0 Å². The largest absolute Gasteiger partial charge is 0.478 e. The second kappa shape index (κ2) is 5.62. The molecule has 0 aliphatic heterocycles. The van der Waals surface area contributed by atoms with Crippen LogP contribution in [0.5, 0.6) is 0 Å². The second-order valence-electron chi connectivity index (χ2n) is 4.30. The van der Waals surface area contributed by atoms with Crippen molar-refractivity contribution < 1.29 is 22.7 Å². The lowest BCUT2D eigenvalue weighted by molar-refractivity contribution is 0.0696. The zero-order chi connectivity index (χ0) is 15.6. The molecule has 9 heteroatoms. The molecule has 1 heterocycles. The van der Waals surface area contributed by atoms with Crippen LogP contribution >= 0.6 is 0 Å². The molecule has 0 fully saturated rings. The Bertz CT molecular complexity index is 786. The van der Waals surface area contributed by atoms with Gasteiger partial charge in [-0.05, 0) is 18.2 Å². The van der Waals surface area contributed by atoms with Gasteiger partial charge >= 0.3 is 5.97 Å². The predicted molar refractivity (Wildman–Crippen MR) is 70.6 cm³/mol. The molecule has 0 amide bonds. The number of nitrogens with one attached hydrogen (secondary N) is 1. The van der Waals surface area contributed by atoms with Gasteiger partial charge < -0.3 is 5.11 Å². The van der Waals surface area contributed by atoms with Crippen molar-refractivity contribution in [2.45, 2.75) is 11.4 Å². The lowest BCUT2D eigenvalue weighted by Gasteiger charge is -2.07. The van der Waals surface area contributed by atoms with Gasteiger partial charge in [-0.1, -0.05) is 0 Å². The van der Waals surface area contributed by atoms with Crippen LogP contribution < -0.4 is 4.72 Å². The third-order valence-corrected chi connectivity index (χ3v) is 4.13. The first-order valence-corrected chi connectivity index (χ1v) is 7.28. The highest BCUT2D eigenvalue weighted by atomic mass is 32.2. The first-order chi connectivity index (χ1) is 9.79.